The molecule has 108 valence electrons. The third-order valence-corrected chi connectivity index (χ3v) is 4.06. The summed E-state index contributed by atoms with van der Waals surface area (Å²) in [5.41, 5.74) is 2.22. The summed E-state index contributed by atoms with van der Waals surface area (Å²) in [5, 5.41) is 0. The highest BCUT2D eigenvalue weighted by molar-refractivity contribution is 5.50. The molecule has 1 aliphatic rings. The van der Waals surface area contributed by atoms with Gasteiger partial charge in [0.25, 0.3) is 0 Å². The summed E-state index contributed by atoms with van der Waals surface area (Å²) in [6.45, 7) is 4.11. The Bertz CT molecular complexity index is 466. The molecule has 0 spiro atoms. The fraction of sp³-hybridized carbons (Fsp3) is 0.556. The second-order valence-corrected chi connectivity index (χ2v) is 5.72. The molecular weight excluding hydrogens is 244 g/mol. The van der Waals surface area contributed by atoms with Crippen LogP contribution >= 0.6 is 0 Å². The van der Waals surface area contributed by atoms with Gasteiger partial charge in [0, 0.05) is 12.1 Å². The van der Waals surface area contributed by atoms with E-state index >= 15 is 0 Å². The van der Waals surface area contributed by atoms with Crippen molar-refractivity contribution in [3.63, 3.8) is 0 Å². The van der Waals surface area contributed by atoms with Crippen LogP contribution in [0.5, 0.6) is 0 Å². The predicted molar refractivity (Wildman–Crippen MR) is 85.7 cm³/mol. The quantitative estimate of drug-likeness (QED) is 0.705. The normalized spacial score (nSPS) is 18.5. The van der Waals surface area contributed by atoms with Crippen molar-refractivity contribution in [2.45, 2.75) is 64.7 Å². The van der Waals surface area contributed by atoms with E-state index < -0.39 is 0 Å². The largest absolute Gasteiger partial charge is 0.241 e. The van der Waals surface area contributed by atoms with Gasteiger partial charge in [0.2, 0.25) is 0 Å². The lowest BCUT2D eigenvalue weighted by Crippen LogP contribution is -2.08. The molecule has 0 saturated heterocycles. The summed E-state index contributed by atoms with van der Waals surface area (Å²) in [4.78, 5) is 9.41. The number of aromatic nitrogens is 2. The Balaban J connectivity index is 2.16. The molecule has 0 unspecified atom stereocenters. The Labute approximate surface area is 123 Å². The highest BCUT2D eigenvalue weighted by Crippen LogP contribution is 2.29. The Morgan fingerprint density at radius 3 is 2.45 bits per heavy atom. The molecule has 2 heteroatoms. The SMILES string of the molecule is C/C=C\C=C/c1nc(C2CCCCCCC2)ncc1C. The summed E-state index contributed by atoms with van der Waals surface area (Å²) in [5.74, 6) is 1.61. The zero-order valence-corrected chi connectivity index (χ0v) is 12.8. The smallest absolute Gasteiger partial charge is 0.132 e. The Hall–Kier alpha value is -1.44. The molecule has 0 bridgehead atoms. The molecule has 20 heavy (non-hydrogen) atoms. The number of hydrogen-bond acceptors (Lipinski definition) is 2. The number of hydrogen-bond donors (Lipinski definition) is 0. The van der Waals surface area contributed by atoms with Crippen LogP contribution in [-0.4, -0.2) is 9.97 Å². The van der Waals surface area contributed by atoms with Crippen molar-refractivity contribution < 1.29 is 0 Å². The summed E-state index contributed by atoms with van der Waals surface area (Å²) < 4.78 is 0. The maximum absolute atomic E-state index is 4.81. The van der Waals surface area contributed by atoms with Gasteiger partial charge < -0.3 is 0 Å². The van der Waals surface area contributed by atoms with Crippen LogP contribution in [0.1, 0.15) is 74.9 Å². The van der Waals surface area contributed by atoms with Crippen molar-refractivity contribution in [1.29, 1.82) is 0 Å². The van der Waals surface area contributed by atoms with Crippen molar-refractivity contribution in [2.24, 2.45) is 0 Å². The van der Waals surface area contributed by atoms with Gasteiger partial charge in [-0.3, -0.25) is 0 Å². The highest BCUT2D eigenvalue weighted by atomic mass is 14.9. The van der Waals surface area contributed by atoms with Gasteiger partial charge in [-0.2, -0.15) is 0 Å². The molecule has 1 aromatic rings. The molecule has 0 atom stereocenters. The van der Waals surface area contributed by atoms with E-state index in [1.54, 1.807) is 0 Å². The minimum Gasteiger partial charge on any atom is -0.241 e. The first-order valence-corrected chi connectivity index (χ1v) is 7.94. The molecule has 2 nitrogen and oxygen atoms in total. The second kappa shape index (κ2) is 7.98. The first-order valence-electron chi connectivity index (χ1n) is 7.94. The predicted octanol–water partition coefficient (Wildman–Crippen LogP) is 5.20. The van der Waals surface area contributed by atoms with Gasteiger partial charge >= 0.3 is 0 Å². The van der Waals surface area contributed by atoms with Crippen LogP contribution in [0, 0.1) is 6.92 Å². The van der Waals surface area contributed by atoms with Gasteiger partial charge in [-0.05, 0) is 38.3 Å². The molecule has 1 fully saturated rings. The molecule has 0 N–H and O–H groups in total. The van der Waals surface area contributed by atoms with Crippen molar-refractivity contribution >= 4 is 6.08 Å². The van der Waals surface area contributed by atoms with Crippen LogP contribution < -0.4 is 0 Å². The van der Waals surface area contributed by atoms with Crippen LogP contribution in [0.15, 0.2) is 24.4 Å². The lowest BCUT2D eigenvalue weighted by Gasteiger charge is -2.18. The van der Waals surface area contributed by atoms with E-state index in [4.69, 9.17) is 4.98 Å². The molecule has 1 saturated carbocycles. The minimum absolute atomic E-state index is 0.560. The maximum atomic E-state index is 4.81. The number of allylic oxidation sites excluding steroid dienone is 3. The van der Waals surface area contributed by atoms with E-state index in [0.29, 0.717) is 5.92 Å². The average molecular weight is 270 g/mol. The number of nitrogens with zero attached hydrogens (tertiary/aromatic N) is 2. The van der Waals surface area contributed by atoms with E-state index in [2.05, 4.69) is 24.1 Å². The summed E-state index contributed by atoms with van der Waals surface area (Å²) in [7, 11) is 0. The van der Waals surface area contributed by atoms with Gasteiger partial charge in [-0.25, -0.2) is 9.97 Å². The van der Waals surface area contributed by atoms with Crippen molar-refractivity contribution in [3.8, 4) is 0 Å². The Morgan fingerprint density at radius 1 is 1.05 bits per heavy atom. The molecule has 0 aromatic carbocycles. The highest BCUT2D eigenvalue weighted by Gasteiger charge is 2.16. The molecule has 0 aliphatic heterocycles. The standard InChI is InChI=1S/C18H26N2/c1-3-4-8-13-17-15(2)14-19-18(20-17)16-11-9-6-5-7-10-12-16/h3-4,8,13-14,16H,5-7,9-12H2,1-2H3/b4-3-,13-8-. The topological polar surface area (TPSA) is 25.8 Å². The summed E-state index contributed by atoms with van der Waals surface area (Å²) in [6.07, 6.45) is 19.5. The first-order chi connectivity index (χ1) is 9.81. The fourth-order valence-electron chi connectivity index (χ4n) is 2.81. The van der Waals surface area contributed by atoms with Gasteiger partial charge in [-0.1, -0.05) is 50.3 Å². The molecular formula is C18H26N2. The van der Waals surface area contributed by atoms with E-state index in [1.807, 2.05) is 25.3 Å². The first kappa shape index (κ1) is 15.0. The van der Waals surface area contributed by atoms with Crippen LogP contribution in [-0.2, 0) is 0 Å². The molecule has 2 rings (SSSR count). The van der Waals surface area contributed by atoms with Crippen LogP contribution in [0.2, 0.25) is 0 Å². The van der Waals surface area contributed by atoms with Gasteiger partial charge in [0.05, 0.1) is 5.69 Å². The lowest BCUT2D eigenvalue weighted by molar-refractivity contribution is 0.442. The maximum Gasteiger partial charge on any atom is 0.132 e. The van der Waals surface area contributed by atoms with Gasteiger partial charge in [0.1, 0.15) is 5.82 Å². The third-order valence-electron chi connectivity index (χ3n) is 4.06. The van der Waals surface area contributed by atoms with Crippen LogP contribution in [0.4, 0.5) is 0 Å². The Morgan fingerprint density at radius 2 is 1.75 bits per heavy atom. The zero-order valence-electron chi connectivity index (χ0n) is 12.8. The summed E-state index contributed by atoms with van der Waals surface area (Å²) >= 11 is 0. The second-order valence-electron chi connectivity index (χ2n) is 5.72. The van der Waals surface area contributed by atoms with E-state index in [-0.39, 0.29) is 0 Å². The lowest BCUT2D eigenvalue weighted by atomic mass is 9.90. The minimum atomic E-state index is 0.560. The molecule has 1 aliphatic carbocycles. The van der Waals surface area contributed by atoms with Crippen molar-refractivity contribution in [1.82, 2.24) is 9.97 Å². The van der Waals surface area contributed by atoms with Crippen molar-refractivity contribution in [3.05, 3.63) is 41.5 Å². The van der Waals surface area contributed by atoms with E-state index in [1.165, 1.54) is 44.9 Å². The zero-order chi connectivity index (χ0) is 14.2. The van der Waals surface area contributed by atoms with Gasteiger partial charge in [0.15, 0.2) is 0 Å². The molecule has 1 aromatic heterocycles. The van der Waals surface area contributed by atoms with E-state index in [0.717, 1.165) is 17.1 Å². The Kier molecular flexibility index (Phi) is 5.97. The molecule has 1 heterocycles. The third kappa shape index (κ3) is 4.29. The number of rotatable bonds is 3. The molecule has 0 radical (unpaired) electrons. The van der Waals surface area contributed by atoms with Crippen LogP contribution in [0.25, 0.3) is 6.08 Å². The fourth-order valence-corrected chi connectivity index (χ4v) is 2.81. The van der Waals surface area contributed by atoms with Crippen LogP contribution in [0.3, 0.4) is 0 Å². The molecule has 0 amide bonds. The van der Waals surface area contributed by atoms with E-state index in [9.17, 15) is 0 Å². The average Bonchev–Trinajstić information content (AvgIpc) is 2.41. The van der Waals surface area contributed by atoms with Gasteiger partial charge in [-0.15, -0.1) is 0 Å². The van der Waals surface area contributed by atoms with Crippen molar-refractivity contribution in [2.75, 3.05) is 0 Å². The number of aryl methyl sites for hydroxylation is 1. The monoisotopic (exact) mass is 270 g/mol. The summed E-state index contributed by atoms with van der Waals surface area (Å²) in [6, 6.07) is 0.